The topological polar surface area (TPSA) is 83.6 Å². The van der Waals surface area contributed by atoms with Crippen molar-refractivity contribution in [1.29, 1.82) is 0 Å². The second kappa shape index (κ2) is 9.12. The highest BCUT2D eigenvalue weighted by Gasteiger charge is 2.26. The van der Waals surface area contributed by atoms with Gasteiger partial charge in [-0.15, -0.1) is 0 Å². The number of pyridine rings is 1. The number of benzene rings is 1. The first-order chi connectivity index (χ1) is 15.7. The number of fused-ring (bicyclic) bond motifs is 1. The number of carbonyl (C=O) groups is 2. The van der Waals surface area contributed by atoms with E-state index in [1.165, 1.54) is 5.57 Å². The van der Waals surface area contributed by atoms with E-state index in [4.69, 9.17) is 4.74 Å². The van der Waals surface area contributed by atoms with Gasteiger partial charge in [-0.3, -0.25) is 9.78 Å². The van der Waals surface area contributed by atoms with E-state index in [1.807, 2.05) is 24.4 Å². The van der Waals surface area contributed by atoms with Gasteiger partial charge in [0.2, 0.25) is 5.91 Å². The summed E-state index contributed by atoms with van der Waals surface area (Å²) in [5, 5.41) is 6.12. The normalized spacial score (nSPS) is 22.2. The van der Waals surface area contributed by atoms with Gasteiger partial charge in [0, 0.05) is 43.8 Å². The van der Waals surface area contributed by atoms with Gasteiger partial charge < -0.3 is 20.3 Å². The van der Waals surface area contributed by atoms with Crippen molar-refractivity contribution in [2.75, 3.05) is 11.9 Å². The Morgan fingerprint density at radius 3 is 2.62 bits per heavy atom. The van der Waals surface area contributed by atoms with Crippen LogP contribution in [0, 0.1) is 0 Å². The number of carbonyl (C=O) groups excluding carboxylic acids is 2. The Hall–Kier alpha value is -3.19. The molecule has 0 saturated carbocycles. The quantitative estimate of drug-likeness (QED) is 0.769. The number of hydrogen-bond acceptors (Lipinski definition) is 4. The Kier molecular flexibility index (Phi) is 5.90. The van der Waals surface area contributed by atoms with E-state index in [2.05, 4.69) is 33.8 Å². The van der Waals surface area contributed by atoms with Crippen molar-refractivity contribution in [1.82, 2.24) is 15.2 Å². The molecule has 1 saturated heterocycles. The van der Waals surface area contributed by atoms with Crippen molar-refractivity contribution >= 4 is 23.2 Å². The van der Waals surface area contributed by atoms with Crippen LogP contribution in [0.5, 0.6) is 0 Å². The maximum atomic E-state index is 12.6. The molecule has 7 heteroatoms. The monoisotopic (exact) mass is 432 g/mol. The standard InChI is InChI=1S/C25H28N4O3/c30-24(23-2-1-13-32-23)27-21-7-3-17(4-8-21)18-5-9-22(10-6-18)28-25(31)29-15-19-11-12-26-14-20(19)16-29/h3,5-6,9-12,14,21,23H,1-2,4,7-8,13,15-16H2,(H,27,30)(H,28,31)/t21?,23-/m0/s1. The lowest BCUT2D eigenvalue weighted by Gasteiger charge is -2.24. The summed E-state index contributed by atoms with van der Waals surface area (Å²) in [6, 6.07) is 10.0. The molecule has 1 fully saturated rings. The van der Waals surface area contributed by atoms with E-state index in [0.29, 0.717) is 19.7 Å². The average Bonchev–Trinajstić information content (AvgIpc) is 3.50. The SMILES string of the molecule is O=C(NC1CC=C(c2ccc(NC(=O)N3Cc4ccncc4C3)cc2)CC1)[C@@H]1CCCO1. The van der Waals surface area contributed by atoms with Gasteiger partial charge in [0.25, 0.3) is 0 Å². The molecule has 2 aromatic rings. The number of urea groups is 1. The summed E-state index contributed by atoms with van der Waals surface area (Å²) in [7, 11) is 0. The molecular formula is C25H28N4O3. The third-order valence-corrected chi connectivity index (χ3v) is 6.50. The minimum Gasteiger partial charge on any atom is -0.368 e. The molecule has 2 atom stereocenters. The molecule has 1 aliphatic carbocycles. The molecule has 3 amide bonds. The Bertz CT molecular complexity index is 1000. The van der Waals surface area contributed by atoms with E-state index in [9.17, 15) is 9.59 Å². The number of rotatable bonds is 4. The average molecular weight is 433 g/mol. The lowest BCUT2D eigenvalue weighted by molar-refractivity contribution is -0.130. The maximum Gasteiger partial charge on any atom is 0.322 e. The molecule has 2 aliphatic heterocycles. The predicted octanol–water partition coefficient (Wildman–Crippen LogP) is 3.86. The van der Waals surface area contributed by atoms with Crippen LogP contribution in [0.15, 0.2) is 48.8 Å². The maximum absolute atomic E-state index is 12.6. The van der Waals surface area contributed by atoms with Gasteiger partial charge in [0.15, 0.2) is 0 Å². The first-order valence-electron chi connectivity index (χ1n) is 11.3. The van der Waals surface area contributed by atoms with Gasteiger partial charge in [-0.1, -0.05) is 18.2 Å². The van der Waals surface area contributed by atoms with Crippen LogP contribution in [0.4, 0.5) is 10.5 Å². The van der Waals surface area contributed by atoms with Gasteiger partial charge in [-0.2, -0.15) is 0 Å². The Balaban J connectivity index is 1.13. The molecule has 0 spiro atoms. The smallest absolute Gasteiger partial charge is 0.322 e. The van der Waals surface area contributed by atoms with Crippen LogP contribution >= 0.6 is 0 Å². The number of allylic oxidation sites excluding steroid dienone is 1. The Morgan fingerprint density at radius 2 is 1.91 bits per heavy atom. The van der Waals surface area contributed by atoms with Crippen LogP contribution in [0.3, 0.4) is 0 Å². The molecule has 3 aliphatic rings. The minimum atomic E-state index is -0.269. The van der Waals surface area contributed by atoms with E-state index < -0.39 is 0 Å². The third kappa shape index (κ3) is 4.53. The summed E-state index contributed by atoms with van der Waals surface area (Å²) in [6.45, 7) is 1.89. The molecule has 3 heterocycles. The van der Waals surface area contributed by atoms with Crippen molar-refractivity contribution in [2.24, 2.45) is 0 Å². The fourth-order valence-electron chi connectivity index (χ4n) is 4.64. The summed E-state index contributed by atoms with van der Waals surface area (Å²) in [6.07, 6.45) is 10.00. The van der Waals surface area contributed by atoms with Gasteiger partial charge in [0.1, 0.15) is 6.10 Å². The highest BCUT2D eigenvalue weighted by molar-refractivity contribution is 5.90. The van der Waals surface area contributed by atoms with Crippen LogP contribution in [0.2, 0.25) is 0 Å². The molecule has 32 heavy (non-hydrogen) atoms. The molecule has 1 unspecified atom stereocenters. The summed E-state index contributed by atoms with van der Waals surface area (Å²) >= 11 is 0. The highest BCUT2D eigenvalue weighted by atomic mass is 16.5. The van der Waals surface area contributed by atoms with Crippen molar-refractivity contribution in [3.8, 4) is 0 Å². The number of amides is 3. The van der Waals surface area contributed by atoms with E-state index in [-0.39, 0.29) is 24.1 Å². The van der Waals surface area contributed by atoms with Crippen molar-refractivity contribution in [2.45, 2.75) is 57.3 Å². The summed E-state index contributed by atoms with van der Waals surface area (Å²) in [5.74, 6) is 0.0294. The minimum absolute atomic E-state index is 0.0294. The van der Waals surface area contributed by atoms with Crippen molar-refractivity contribution in [3.63, 3.8) is 0 Å². The lowest BCUT2D eigenvalue weighted by atomic mass is 9.90. The fraction of sp³-hybridized carbons (Fsp3) is 0.400. The van der Waals surface area contributed by atoms with Gasteiger partial charge >= 0.3 is 6.03 Å². The predicted molar refractivity (Wildman–Crippen MR) is 122 cm³/mol. The van der Waals surface area contributed by atoms with E-state index >= 15 is 0 Å². The number of anilines is 1. The number of nitrogens with one attached hydrogen (secondary N) is 2. The molecule has 0 bridgehead atoms. The summed E-state index contributed by atoms with van der Waals surface area (Å²) in [5.41, 5.74) is 5.48. The summed E-state index contributed by atoms with van der Waals surface area (Å²) < 4.78 is 5.47. The lowest BCUT2D eigenvalue weighted by Crippen LogP contribution is -2.41. The van der Waals surface area contributed by atoms with Crippen LogP contribution < -0.4 is 10.6 Å². The van der Waals surface area contributed by atoms with Crippen molar-refractivity contribution < 1.29 is 14.3 Å². The van der Waals surface area contributed by atoms with Gasteiger partial charge in [-0.25, -0.2) is 4.79 Å². The van der Waals surface area contributed by atoms with Crippen LogP contribution in [-0.2, 0) is 22.6 Å². The molecule has 5 rings (SSSR count). The summed E-state index contributed by atoms with van der Waals surface area (Å²) in [4.78, 5) is 30.8. The number of nitrogens with zero attached hydrogens (tertiary/aromatic N) is 2. The fourth-order valence-corrected chi connectivity index (χ4v) is 4.64. The second-order valence-corrected chi connectivity index (χ2v) is 8.72. The molecule has 166 valence electrons. The van der Waals surface area contributed by atoms with Crippen LogP contribution in [0.25, 0.3) is 5.57 Å². The zero-order valence-corrected chi connectivity index (χ0v) is 18.0. The van der Waals surface area contributed by atoms with Gasteiger partial charge in [-0.05, 0) is 72.6 Å². The number of ether oxygens (including phenoxy) is 1. The van der Waals surface area contributed by atoms with Crippen LogP contribution in [0.1, 0.15) is 48.8 Å². The van der Waals surface area contributed by atoms with Crippen LogP contribution in [-0.4, -0.2) is 40.6 Å². The third-order valence-electron chi connectivity index (χ3n) is 6.50. The van der Waals surface area contributed by atoms with Gasteiger partial charge in [0.05, 0.1) is 0 Å². The zero-order chi connectivity index (χ0) is 21.9. The number of aromatic nitrogens is 1. The first-order valence-corrected chi connectivity index (χ1v) is 11.3. The molecule has 2 N–H and O–H groups in total. The molecule has 7 nitrogen and oxygen atoms in total. The molecular weight excluding hydrogens is 404 g/mol. The Morgan fingerprint density at radius 1 is 1.06 bits per heavy atom. The molecule has 0 radical (unpaired) electrons. The van der Waals surface area contributed by atoms with E-state index in [1.54, 1.807) is 11.1 Å². The first kappa shape index (κ1) is 20.7. The number of hydrogen-bond donors (Lipinski definition) is 2. The van der Waals surface area contributed by atoms with E-state index in [0.717, 1.165) is 54.5 Å². The second-order valence-electron chi connectivity index (χ2n) is 8.72. The molecule has 1 aromatic heterocycles. The zero-order valence-electron chi connectivity index (χ0n) is 18.0. The highest BCUT2D eigenvalue weighted by Crippen LogP contribution is 2.29. The Labute approximate surface area is 187 Å². The van der Waals surface area contributed by atoms with Crippen molar-refractivity contribution in [3.05, 3.63) is 65.5 Å². The largest absolute Gasteiger partial charge is 0.368 e. The molecule has 1 aromatic carbocycles.